The van der Waals surface area contributed by atoms with Crippen LogP contribution in [0.5, 0.6) is 0 Å². The molecular weight excluding hydrogens is 445 g/mol. The van der Waals surface area contributed by atoms with Gasteiger partial charge in [0.15, 0.2) is 0 Å². The average molecular weight is 498 g/mol. The van der Waals surface area contributed by atoms with Gasteiger partial charge in [0.25, 0.3) is 0 Å². The van der Waals surface area contributed by atoms with Crippen LogP contribution in [-0.4, -0.2) is 26.7 Å². The van der Waals surface area contributed by atoms with E-state index in [1.807, 2.05) is 4.72 Å². The van der Waals surface area contributed by atoms with Crippen LogP contribution in [0.4, 0.5) is 0 Å². The van der Waals surface area contributed by atoms with Crippen molar-refractivity contribution >= 4 is 16.0 Å². The van der Waals surface area contributed by atoms with E-state index >= 15 is 0 Å². The number of sulfonamides is 1. The average Bonchev–Trinajstić information content (AvgIpc) is 2.76. The first kappa shape index (κ1) is 35.5. The summed E-state index contributed by atoms with van der Waals surface area (Å²) in [5.41, 5.74) is 0. The van der Waals surface area contributed by atoms with Crippen LogP contribution in [0.3, 0.4) is 0 Å². The van der Waals surface area contributed by atoms with Gasteiger partial charge in [0.2, 0.25) is 10.0 Å². The third-order valence-corrected chi connectivity index (χ3v) is 7.61. The van der Waals surface area contributed by atoms with Gasteiger partial charge in [0.05, 0.1) is 18.3 Å². The van der Waals surface area contributed by atoms with Crippen molar-refractivity contribution < 1.29 is 47.9 Å². The maximum atomic E-state index is 11.5. The number of carboxylic acid groups (broad SMARTS) is 1. The summed E-state index contributed by atoms with van der Waals surface area (Å²) in [6.45, 7) is 1.64. The Morgan fingerprint density at radius 2 is 0.848 bits per heavy atom. The van der Waals surface area contributed by atoms with Gasteiger partial charge in [-0.1, -0.05) is 142 Å². The van der Waals surface area contributed by atoms with E-state index in [-0.39, 0.29) is 35.3 Å². The minimum Gasteiger partial charge on any atom is -0.549 e. The van der Waals surface area contributed by atoms with E-state index in [9.17, 15) is 18.3 Å². The zero-order chi connectivity index (χ0) is 23.8. The SMILES string of the molecule is CCCCCCCCCCCCCCCCCCCCCCCCS(=O)(=O)NCC(=O)[O-].[Na+]. The van der Waals surface area contributed by atoms with Crippen LogP contribution in [-0.2, 0) is 14.8 Å². The molecule has 0 aromatic heterocycles. The van der Waals surface area contributed by atoms with Crippen molar-refractivity contribution in [2.45, 2.75) is 148 Å². The summed E-state index contributed by atoms with van der Waals surface area (Å²) in [7, 11) is -3.47. The molecule has 0 atom stereocenters. The van der Waals surface area contributed by atoms with Gasteiger partial charge >= 0.3 is 29.6 Å². The maximum absolute atomic E-state index is 11.5. The van der Waals surface area contributed by atoms with E-state index in [1.165, 1.54) is 116 Å². The molecule has 0 aliphatic carbocycles. The Bertz CT molecular complexity index is 514. The Kier molecular flexibility index (Phi) is 29.1. The Hall–Kier alpha value is 0.380. The molecule has 0 bridgehead atoms. The second-order valence-corrected chi connectivity index (χ2v) is 11.4. The molecule has 0 unspecified atom stereocenters. The molecule has 0 amide bonds. The molecule has 0 heterocycles. The van der Waals surface area contributed by atoms with E-state index in [1.54, 1.807) is 0 Å². The fraction of sp³-hybridized carbons (Fsp3) is 0.962. The van der Waals surface area contributed by atoms with Gasteiger partial charge in [-0.15, -0.1) is 0 Å². The number of carbonyl (C=O) groups excluding carboxylic acids is 1. The van der Waals surface area contributed by atoms with Gasteiger partial charge in [-0.3, -0.25) is 0 Å². The molecular formula is C26H52NNaO4S. The summed E-state index contributed by atoms with van der Waals surface area (Å²) < 4.78 is 25.1. The summed E-state index contributed by atoms with van der Waals surface area (Å²) in [5, 5.41) is 10.3. The monoisotopic (exact) mass is 497 g/mol. The van der Waals surface area contributed by atoms with Crippen LogP contribution < -0.4 is 39.4 Å². The Morgan fingerprint density at radius 1 is 0.576 bits per heavy atom. The third-order valence-electron chi connectivity index (χ3n) is 6.20. The van der Waals surface area contributed by atoms with Crippen molar-refractivity contribution in [2.24, 2.45) is 0 Å². The number of nitrogens with one attached hydrogen (secondary N) is 1. The Morgan fingerprint density at radius 3 is 1.12 bits per heavy atom. The van der Waals surface area contributed by atoms with Crippen LogP contribution >= 0.6 is 0 Å². The van der Waals surface area contributed by atoms with Crippen LogP contribution in [0, 0.1) is 0 Å². The van der Waals surface area contributed by atoms with E-state index < -0.39 is 22.5 Å². The van der Waals surface area contributed by atoms with Gasteiger partial charge in [-0.25, -0.2) is 13.1 Å². The molecule has 0 aromatic rings. The van der Waals surface area contributed by atoms with Crippen LogP contribution in [0.25, 0.3) is 0 Å². The van der Waals surface area contributed by atoms with Crippen molar-refractivity contribution in [1.82, 2.24) is 4.72 Å². The second-order valence-electron chi connectivity index (χ2n) is 9.44. The van der Waals surface area contributed by atoms with Gasteiger partial charge in [0, 0.05) is 0 Å². The number of aliphatic carboxylic acids is 1. The molecule has 0 aromatic carbocycles. The van der Waals surface area contributed by atoms with E-state index in [4.69, 9.17) is 0 Å². The molecule has 0 rings (SSSR count). The summed E-state index contributed by atoms with van der Waals surface area (Å²) in [4.78, 5) is 10.3. The van der Waals surface area contributed by atoms with Gasteiger partial charge in [-0.2, -0.15) is 0 Å². The van der Waals surface area contributed by atoms with Crippen molar-refractivity contribution in [3.8, 4) is 0 Å². The fourth-order valence-corrected chi connectivity index (χ4v) is 5.21. The maximum Gasteiger partial charge on any atom is 1.00 e. The molecule has 0 spiro atoms. The summed E-state index contributed by atoms with van der Waals surface area (Å²) >= 11 is 0. The summed E-state index contributed by atoms with van der Waals surface area (Å²) in [5.74, 6) is -1.40. The second kappa shape index (κ2) is 27.0. The molecule has 5 nitrogen and oxygen atoms in total. The topological polar surface area (TPSA) is 86.3 Å². The first-order valence-corrected chi connectivity index (χ1v) is 15.3. The van der Waals surface area contributed by atoms with Crippen LogP contribution in [0.1, 0.15) is 148 Å². The Labute approximate surface area is 228 Å². The first-order chi connectivity index (χ1) is 15.5. The minimum atomic E-state index is -3.47. The normalized spacial score (nSPS) is 11.4. The van der Waals surface area contributed by atoms with Crippen molar-refractivity contribution in [3.63, 3.8) is 0 Å². The largest absolute Gasteiger partial charge is 1.00 e. The molecule has 0 saturated heterocycles. The van der Waals surface area contributed by atoms with Crippen molar-refractivity contribution in [2.75, 3.05) is 12.3 Å². The number of unbranched alkanes of at least 4 members (excludes halogenated alkanes) is 21. The smallest absolute Gasteiger partial charge is 0.549 e. The van der Waals surface area contributed by atoms with E-state index in [2.05, 4.69) is 6.92 Å². The third kappa shape index (κ3) is 30.3. The van der Waals surface area contributed by atoms with Crippen molar-refractivity contribution in [1.29, 1.82) is 0 Å². The van der Waals surface area contributed by atoms with Crippen LogP contribution in [0.15, 0.2) is 0 Å². The molecule has 0 fully saturated rings. The quantitative estimate of drug-likeness (QED) is 0.147. The molecule has 1 N–H and O–H groups in total. The summed E-state index contributed by atoms with van der Waals surface area (Å²) in [6, 6.07) is 0. The molecule has 0 aliphatic rings. The predicted molar refractivity (Wildman–Crippen MR) is 134 cm³/mol. The molecule has 0 aliphatic heterocycles. The zero-order valence-electron chi connectivity index (χ0n) is 22.0. The Balaban J connectivity index is 0. The number of hydrogen-bond donors (Lipinski definition) is 1. The zero-order valence-corrected chi connectivity index (χ0v) is 24.8. The molecule has 0 radical (unpaired) electrons. The van der Waals surface area contributed by atoms with Crippen molar-refractivity contribution in [3.05, 3.63) is 0 Å². The van der Waals surface area contributed by atoms with E-state index in [0.29, 0.717) is 6.42 Å². The minimum absolute atomic E-state index is 0. The number of carbonyl (C=O) groups is 1. The molecule has 33 heavy (non-hydrogen) atoms. The van der Waals surface area contributed by atoms with Gasteiger partial charge in [0.1, 0.15) is 0 Å². The fourth-order valence-electron chi connectivity index (χ4n) is 4.14. The standard InChI is InChI=1S/C26H53NO4S.Na/c1-2-3-4-5-6-7-8-9-10-11-12-13-14-15-16-17-18-19-20-21-22-23-24-32(30,31)27-25-26(28)29;/h27H,2-25H2,1H3,(H,28,29);/q;+1/p-1. The number of hydrogen-bond acceptors (Lipinski definition) is 4. The molecule has 0 saturated carbocycles. The van der Waals surface area contributed by atoms with Crippen LogP contribution in [0.2, 0.25) is 0 Å². The number of rotatable bonds is 26. The summed E-state index contributed by atoms with van der Waals surface area (Å²) in [6.07, 6.45) is 28.6. The van der Waals surface area contributed by atoms with E-state index in [0.717, 1.165) is 19.3 Å². The first-order valence-electron chi connectivity index (χ1n) is 13.6. The van der Waals surface area contributed by atoms with Gasteiger partial charge < -0.3 is 9.90 Å². The molecule has 192 valence electrons. The van der Waals surface area contributed by atoms with Gasteiger partial charge in [-0.05, 0) is 6.42 Å². The predicted octanol–water partition coefficient (Wildman–Crippen LogP) is 3.26. The number of carboxylic acids is 1. The molecule has 7 heteroatoms.